The van der Waals surface area contributed by atoms with Gasteiger partial charge in [-0.25, -0.2) is 0 Å². The van der Waals surface area contributed by atoms with Crippen molar-refractivity contribution in [3.8, 4) is 0 Å². The third-order valence-corrected chi connectivity index (χ3v) is 2.86. The van der Waals surface area contributed by atoms with Gasteiger partial charge in [0.25, 0.3) is 0 Å². The van der Waals surface area contributed by atoms with Crippen LogP contribution in [-0.2, 0) is 0 Å². The molecule has 0 aliphatic heterocycles. The lowest BCUT2D eigenvalue weighted by atomic mass is 9.77. The summed E-state index contributed by atoms with van der Waals surface area (Å²) in [6.07, 6.45) is 1.40. The number of allylic oxidation sites excluding steroid dienone is 1. The quantitative estimate of drug-likeness (QED) is 0.384. The highest BCUT2D eigenvalue weighted by Crippen LogP contribution is 2.29. The maximum Gasteiger partial charge on any atom is 0.0662 e. The van der Waals surface area contributed by atoms with Gasteiger partial charge in [-0.15, -0.1) is 0 Å². The van der Waals surface area contributed by atoms with E-state index in [0.29, 0.717) is 24.3 Å². The molecule has 0 atom stereocenters. The molecule has 4 nitrogen and oxygen atoms in total. The largest absolute Gasteiger partial charge is 0.411 e. The van der Waals surface area contributed by atoms with Crippen LogP contribution in [0.25, 0.3) is 0 Å². The lowest BCUT2D eigenvalue weighted by molar-refractivity contribution is 0.305. The number of hydrogen-bond donors (Lipinski definition) is 2. The van der Waals surface area contributed by atoms with Crippen LogP contribution in [0.5, 0.6) is 0 Å². The minimum atomic E-state index is -0.0689. The molecule has 0 aromatic heterocycles. The van der Waals surface area contributed by atoms with Crippen molar-refractivity contribution in [2.24, 2.45) is 22.1 Å². The second kappa shape index (κ2) is 4.26. The average Bonchev–Trinajstić information content (AvgIpc) is 2.17. The minimum Gasteiger partial charge on any atom is -0.411 e. The van der Waals surface area contributed by atoms with Crippen molar-refractivity contribution < 1.29 is 10.4 Å². The smallest absolute Gasteiger partial charge is 0.0662 e. The van der Waals surface area contributed by atoms with Crippen molar-refractivity contribution in [3.05, 3.63) is 12.2 Å². The summed E-state index contributed by atoms with van der Waals surface area (Å²) in [6.45, 7) is 7.68. The molecule has 0 amide bonds. The highest BCUT2D eigenvalue weighted by Gasteiger charge is 2.30. The summed E-state index contributed by atoms with van der Waals surface area (Å²) >= 11 is 0. The van der Waals surface area contributed by atoms with Crippen molar-refractivity contribution in [1.29, 1.82) is 0 Å². The molecule has 2 N–H and O–H groups in total. The molecule has 1 aliphatic rings. The fourth-order valence-electron chi connectivity index (χ4n) is 1.73. The Hall–Kier alpha value is -1.32. The third-order valence-electron chi connectivity index (χ3n) is 2.86. The SMILES string of the molecule is C=C(C)C1CC(=NO)C(C)C(=NO)C1. The summed E-state index contributed by atoms with van der Waals surface area (Å²) in [5, 5.41) is 24.1. The topological polar surface area (TPSA) is 65.2 Å². The van der Waals surface area contributed by atoms with Crippen molar-refractivity contribution in [2.75, 3.05) is 0 Å². The first-order valence-electron chi connectivity index (χ1n) is 4.67. The van der Waals surface area contributed by atoms with E-state index in [0.717, 1.165) is 5.57 Å². The fraction of sp³-hybridized carbons (Fsp3) is 0.600. The van der Waals surface area contributed by atoms with Crippen molar-refractivity contribution in [1.82, 2.24) is 0 Å². The van der Waals surface area contributed by atoms with Crippen LogP contribution in [0.4, 0.5) is 0 Å². The number of hydrogen-bond acceptors (Lipinski definition) is 4. The number of oxime groups is 2. The average molecular weight is 196 g/mol. The van der Waals surface area contributed by atoms with Gasteiger partial charge in [0.05, 0.1) is 11.4 Å². The van der Waals surface area contributed by atoms with Gasteiger partial charge in [0.2, 0.25) is 0 Å². The number of nitrogens with zero attached hydrogens (tertiary/aromatic N) is 2. The molecule has 0 unspecified atom stereocenters. The van der Waals surface area contributed by atoms with E-state index in [2.05, 4.69) is 16.9 Å². The van der Waals surface area contributed by atoms with E-state index in [9.17, 15) is 0 Å². The minimum absolute atomic E-state index is 0.0689. The molecule has 1 fully saturated rings. The first-order valence-corrected chi connectivity index (χ1v) is 4.67. The summed E-state index contributed by atoms with van der Waals surface area (Å²) in [4.78, 5) is 0. The van der Waals surface area contributed by atoms with Gasteiger partial charge >= 0.3 is 0 Å². The van der Waals surface area contributed by atoms with Crippen LogP contribution in [-0.4, -0.2) is 21.8 Å². The van der Waals surface area contributed by atoms with E-state index in [1.54, 1.807) is 0 Å². The molecular weight excluding hydrogens is 180 g/mol. The zero-order valence-corrected chi connectivity index (χ0v) is 8.56. The lowest BCUT2D eigenvalue weighted by Crippen LogP contribution is -2.32. The van der Waals surface area contributed by atoms with Gasteiger partial charge in [0, 0.05) is 5.92 Å². The maximum atomic E-state index is 8.80. The molecule has 0 heterocycles. The summed E-state index contributed by atoms with van der Waals surface area (Å²) in [7, 11) is 0. The molecular formula is C10H16N2O2. The van der Waals surface area contributed by atoms with Gasteiger partial charge in [0.15, 0.2) is 0 Å². The van der Waals surface area contributed by atoms with E-state index < -0.39 is 0 Å². The highest BCUT2D eigenvalue weighted by atomic mass is 16.4. The molecule has 4 heteroatoms. The Morgan fingerprint density at radius 1 is 1.29 bits per heavy atom. The van der Waals surface area contributed by atoms with E-state index in [1.807, 2.05) is 13.8 Å². The standard InChI is InChI=1S/C10H16N2O2/c1-6(2)8-4-9(11-13)7(3)10(5-8)12-14/h7-8,13-14H,1,4-5H2,2-3H3. The maximum absolute atomic E-state index is 8.80. The predicted octanol–water partition coefficient (Wildman–Crippen LogP) is 2.27. The second-order valence-electron chi connectivity index (χ2n) is 3.86. The van der Waals surface area contributed by atoms with E-state index in [4.69, 9.17) is 10.4 Å². The van der Waals surface area contributed by atoms with Crippen LogP contribution < -0.4 is 0 Å². The molecule has 0 aromatic rings. The van der Waals surface area contributed by atoms with Crippen molar-refractivity contribution in [3.63, 3.8) is 0 Å². The Labute approximate surface area is 83.6 Å². The van der Waals surface area contributed by atoms with Crippen molar-refractivity contribution >= 4 is 11.4 Å². The first-order chi connectivity index (χ1) is 6.60. The summed E-state index contributed by atoms with van der Waals surface area (Å²) in [5.41, 5.74) is 2.35. The Morgan fingerprint density at radius 3 is 2.00 bits per heavy atom. The van der Waals surface area contributed by atoms with E-state index in [-0.39, 0.29) is 11.8 Å². The van der Waals surface area contributed by atoms with Crippen LogP contribution in [0.2, 0.25) is 0 Å². The Kier molecular flexibility index (Phi) is 3.28. The van der Waals surface area contributed by atoms with E-state index in [1.165, 1.54) is 0 Å². The monoisotopic (exact) mass is 196 g/mol. The molecule has 0 radical (unpaired) electrons. The van der Waals surface area contributed by atoms with Gasteiger partial charge in [-0.1, -0.05) is 29.4 Å². The zero-order valence-electron chi connectivity index (χ0n) is 8.56. The van der Waals surface area contributed by atoms with Crippen LogP contribution in [0.3, 0.4) is 0 Å². The first kappa shape index (κ1) is 10.8. The Bertz CT molecular complexity index is 272. The van der Waals surface area contributed by atoms with Gasteiger partial charge in [0.1, 0.15) is 0 Å². The van der Waals surface area contributed by atoms with Crippen LogP contribution >= 0.6 is 0 Å². The number of rotatable bonds is 1. The lowest BCUT2D eigenvalue weighted by Gasteiger charge is -2.28. The molecule has 0 spiro atoms. The summed E-state index contributed by atoms with van der Waals surface area (Å²) in [5.74, 6) is 0.156. The molecule has 0 saturated heterocycles. The molecule has 1 aliphatic carbocycles. The Balaban J connectivity index is 2.90. The van der Waals surface area contributed by atoms with Gasteiger partial charge in [-0.3, -0.25) is 0 Å². The fourth-order valence-corrected chi connectivity index (χ4v) is 1.73. The molecule has 1 saturated carbocycles. The van der Waals surface area contributed by atoms with E-state index >= 15 is 0 Å². The summed E-state index contributed by atoms with van der Waals surface area (Å²) < 4.78 is 0. The van der Waals surface area contributed by atoms with Crippen LogP contribution in [0.1, 0.15) is 26.7 Å². The van der Waals surface area contributed by atoms with Crippen molar-refractivity contribution in [2.45, 2.75) is 26.7 Å². The predicted molar refractivity (Wildman–Crippen MR) is 55.1 cm³/mol. The molecule has 14 heavy (non-hydrogen) atoms. The van der Waals surface area contributed by atoms with Crippen LogP contribution in [0, 0.1) is 11.8 Å². The summed E-state index contributed by atoms with van der Waals surface area (Å²) in [6, 6.07) is 0. The van der Waals surface area contributed by atoms with Crippen LogP contribution in [0.15, 0.2) is 22.5 Å². The van der Waals surface area contributed by atoms with Gasteiger partial charge in [-0.2, -0.15) is 0 Å². The zero-order chi connectivity index (χ0) is 10.7. The second-order valence-corrected chi connectivity index (χ2v) is 3.86. The van der Waals surface area contributed by atoms with Gasteiger partial charge < -0.3 is 10.4 Å². The third kappa shape index (κ3) is 1.95. The van der Waals surface area contributed by atoms with Gasteiger partial charge in [-0.05, 0) is 25.7 Å². The molecule has 78 valence electrons. The molecule has 0 bridgehead atoms. The normalized spacial score (nSPS) is 33.6. The molecule has 1 rings (SSSR count). The molecule has 0 aromatic carbocycles. The highest BCUT2D eigenvalue weighted by molar-refractivity contribution is 6.09. The Morgan fingerprint density at radius 2 is 1.71 bits per heavy atom.